The van der Waals surface area contributed by atoms with Crippen LogP contribution in [0.25, 0.3) is 0 Å². The molecule has 0 aliphatic rings. The lowest BCUT2D eigenvalue weighted by Crippen LogP contribution is -2.32. The summed E-state index contributed by atoms with van der Waals surface area (Å²) >= 11 is 0. The molecule has 92 valence electrons. The van der Waals surface area contributed by atoms with Crippen molar-refractivity contribution in [3.05, 3.63) is 0 Å². The van der Waals surface area contributed by atoms with E-state index in [0.717, 1.165) is 19.6 Å². The van der Waals surface area contributed by atoms with Crippen molar-refractivity contribution in [3.63, 3.8) is 0 Å². The Labute approximate surface area is 95.8 Å². The summed E-state index contributed by atoms with van der Waals surface area (Å²) in [7, 11) is 2.03. The Morgan fingerprint density at radius 3 is 2.07 bits per heavy atom. The molecule has 0 spiro atoms. The lowest BCUT2D eigenvalue weighted by Gasteiger charge is -2.30. The van der Waals surface area contributed by atoms with Gasteiger partial charge in [-0.05, 0) is 46.1 Å². The van der Waals surface area contributed by atoms with Crippen molar-refractivity contribution in [2.45, 2.75) is 59.5 Å². The molecule has 2 heteroatoms. The molecule has 2 nitrogen and oxygen atoms in total. The fraction of sp³-hybridized carbons (Fsp3) is 1.00. The fourth-order valence-electron chi connectivity index (χ4n) is 1.94. The monoisotopic (exact) mass is 215 g/mol. The zero-order chi connectivity index (χ0) is 11.9. The molecule has 0 aliphatic carbocycles. The van der Waals surface area contributed by atoms with Crippen LogP contribution in [0, 0.1) is 5.41 Å². The number of ether oxygens (including phenoxy) is 1. The Morgan fingerprint density at radius 1 is 1.07 bits per heavy atom. The van der Waals surface area contributed by atoms with Crippen LogP contribution in [0.3, 0.4) is 0 Å². The first kappa shape index (κ1) is 14.9. The summed E-state index contributed by atoms with van der Waals surface area (Å²) in [6.07, 6.45) is 3.65. The number of hydrogen-bond acceptors (Lipinski definition) is 2. The molecule has 1 unspecified atom stereocenters. The summed E-state index contributed by atoms with van der Waals surface area (Å²) in [5.41, 5.74) is 0.377. The molecule has 0 aliphatic heterocycles. The molecule has 0 aromatic rings. The number of hydrogen-bond donors (Lipinski definition) is 1. The minimum absolute atomic E-state index is 0.00717. The van der Waals surface area contributed by atoms with E-state index < -0.39 is 0 Å². The van der Waals surface area contributed by atoms with E-state index in [2.05, 4.69) is 39.9 Å². The van der Waals surface area contributed by atoms with Crippen molar-refractivity contribution in [2.75, 3.05) is 20.2 Å². The van der Waals surface area contributed by atoms with Crippen LogP contribution in [0.4, 0.5) is 0 Å². The van der Waals surface area contributed by atoms with E-state index in [1.54, 1.807) is 0 Å². The first-order valence-corrected chi connectivity index (χ1v) is 6.11. The first-order valence-electron chi connectivity index (χ1n) is 6.11. The van der Waals surface area contributed by atoms with Crippen molar-refractivity contribution < 1.29 is 4.74 Å². The van der Waals surface area contributed by atoms with Crippen LogP contribution in [-0.4, -0.2) is 25.8 Å². The SMILES string of the molecule is CCCC(C)(CCOC(C)(C)C)CNC. The van der Waals surface area contributed by atoms with Gasteiger partial charge in [-0.1, -0.05) is 20.3 Å². The maximum atomic E-state index is 5.79. The van der Waals surface area contributed by atoms with Gasteiger partial charge in [-0.2, -0.15) is 0 Å². The van der Waals surface area contributed by atoms with E-state index in [-0.39, 0.29) is 5.60 Å². The van der Waals surface area contributed by atoms with Gasteiger partial charge in [0.25, 0.3) is 0 Å². The quantitative estimate of drug-likeness (QED) is 0.704. The van der Waals surface area contributed by atoms with Crippen LogP contribution in [0.2, 0.25) is 0 Å². The molecule has 15 heavy (non-hydrogen) atoms. The van der Waals surface area contributed by atoms with Crippen LogP contribution in [0.1, 0.15) is 53.9 Å². The molecule has 0 saturated carbocycles. The molecule has 0 aromatic carbocycles. The molecule has 0 fully saturated rings. The van der Waals surface area contributed by atoms with Crippen LogP contribution < -0.4 is 5.32 Å². The number of rotatable bonds is 7. The summed E-state index contributed by atoms with van der Waals surface area (Å²) in [5.74, 6) is 0. The normalized spacial score (nSPS) is 16.4. The largest absolute Gasteiger partial charge is 0.376 e. The third kappa shape index (κ3) is 7.80. The second-order valence-electron chi connectivity index (χ2n) is 5.80. The van der Waals surface area contributed by atoms with Crippen LogP contribution in [-0.2, 0) is 4.74 Å². The minimum Gasteiger partial charge on any atom is -0.376 e. The molecule has 0 aromatic heterocycles. The number of nitrogens with one attached hydrogen (secondary N) is 1. The van der Waals surface area contributed by atoms with Gasteiger partial charge in [0, 0.05) is 13.2 Å². The Morgan fingerprint density at radius 2 is 1.67 bits per heavy atom. The molecule has 0 saturated heterocycles. The predicted octanol–water partition coefficient (Wildman–Crippen LogP) is 3.22. The standard InChI is InChI=1S/C13H29NO/c1-7-8-13(5,11-14-6)9-10-15-12(2,3)4/h14H,7-11H2,1-6H3. The van der Waals surface area contributed by atoms with Crippen molar-refractivity contribution >= 4 is 0 Å². The minimum atomic E-state index is -0.00717. The van der Waals surface area contributed by atoms with E-state index in [9.17, 15) is 0 Å². The van der Waals surface area contributed by atoms with E-state index in [1.165, 1.54) is 12.8 Å². The van der Waals surface area contributed by atoms with Crippen LogP contribution in [0.15, 0.2) is 0 Å². The van der Waals surface area contributed by atoms with Crippen LogP contribution in [0.5, 0.6) is 0 Å². The van der Waals surface area contributed by atoms with Crippen molar-refractivity contribution in [1.29, 1.82) is 0 Å². The van der Waals surface area contributed by atoms with Gasteiger partial charge in [-0.25, -0.2) is 0 Å². The van der Waals surface area contributed by atoms with Gasteiger partial charge >= 0.3 is 0 Å². The lowest BCUT2D eigenvalue weighted by molar-refractivity contribution is -0.0178. The highest BCUT2D eigenvalue weighted by atomic mass is 16.5. The van der Waals surface area contributed by atoms with E-state index in [4.69, 9.17) is 4.74 Å². The second kappa shape index (κ2) is 6.49. The van der Waals surface area contributed by atoms with E-state index >= 15 is 0 Å². The van der Waals surface area contributed by atoms with E-state index in [1.807, 2.05) is 7.05 Å². The summed E-state index contributed by atoms with van der Waals surface area (Å²) in [6, 6.07) is 0. The van der Waals surface area contributed by atoms with Crippen molar-refractivity contribution in [1.82, 2.24) is 5.32 Å². The molecule has 0 bridgehead atoms. The van der Waals surface area contributed by atoms with Gasteiger partial charge in [-0.3, -0.25) is 0 Å². The summed E-state index contributed by atoms with van der Waals surface area (Å²) in [4.78, 5) is 0. The highest BCUT2D eigenvalue weighted by molar-refractivity contribution is 4.76. The van der Waals surface area contributed by atoms with Crippen LogP contribution >= 0.6 is 0 Å². The maximum absolute atomic E-state index is 5.79. The Bertz CT molecular complexity index is 154. The van der Waals surface area contributed by atoms with Gasteiger partial charge in [0.2, 0.25) is 0 Å². The molecule has 1 atom stereocenters. The molecule has 0 amide bonds. The third-order valence-electron chi connectivity index (χ3n) is 2.70. The zero-order valence-corrected chi connectivity index (χ0v) is 11.4. The average molecular weight is 215 g/mol. The fourth-order valence-corrected chi connectivity index (χ4v) is 1.94. The van der Waals surface area contributed by atoms with Crippen molar-refractivity contribution in [3.8, 4) is 0 Å². The lowest BCUT2D eigenvalue weighted by atomic mass is 9.82. The van der Waals surface area contributed by atoms with Gasteiger partial charge in [0.15, 0.2) is 0 Å². The van der Waals surface area contributed by atoms with E-state index in [0.29, 0.717) is 5.41 Å². The smallest absolute Gasteiger partial charge is 0.0598 e. The topological polar surface area (TPSA) is 21.3 Å². The summed E-state index contributed by atoms with van der Waals surface area (Å²) in [5, 5.41) is 3.29. The molecule has 0 rings (SSSR count). The predicted molar refractivity (Wildman–Crippen MR) is 67.3 cm³/mol. The first-order chi connectivity index (χ1) is 6.83. The Balaban J connectivity index is 3.95. The average Bonchev–Trinajstić information content (AvgIpc) is 2.01. The van der Waals surface area contributed by atoms with Gasteiger partial charge in [0.05, 0.1) is 5.60 Å². The third-order valence-corrected chi connectivity index (χ3v) is 2.70. The maximum Gasteiger partial charge on any atom is 0.0598 e. The molecule has 0 heterocycles. The van der Waals surface area contributed by atoms with Crippen molar-refractivity contribution in [2.24, 2.45) is 5.41 Å². The Kier molecular flexibility index (Phi) is 6.46. The molecular weight excluding hydrogens is 186 g/mol. The Hall–Kier alpha value is -0.0800. The molecule has 0 radical (unpaired) electrons. The highest BCUT2D eigenvalue weighted by Gasteiger charge is 2.23. The van der Waals surface area contributed by atoms with Gasteiger partial charge in [-0.15, -0.1) is 0 Å². The zero-order valence-electron chi connectivity index (χ0n) is 11.4. The highest BCUT2D eigenvalue weighted by Crippen LogP contribution is 2.27. The van der Waals surface area contributed by atoms with Gasteiger partial charge < -0.3 is 10.1 Å². The molecule has 1 N–H and O–H groups in total. The molecular formula is C13H29NO. The summed E-state index contributed by atoms with van der Waals surface area (Å²) in [6.45, 7) is 12.9. The summed E-state index contributed by atoms with van der Waals surface area (Å²) < 4.78 is 5.79. The second-order valence-corrected chi connectivity index (χ2v) is 5.80. The van der Waals surface area contributed by atoms with Gasteiger partial charge in [0.1, 0.15) is 0 Å².